The van der Waals surface area contributed by atoms with Crippen molar-refractivity contribution in [2.75, 3.05) is 31.1 Å². The van der Waals surface area contributed by atoms with Crippen molar-refractivity contribution < 1.29 is 9.90 Å². The van der Waals surface area contributed by atoms with Crippen LogP contribution in [0.4, 0.5) is 5.69 Å². The number of benzene rings is 1. The molecule has 1 aliphatic rings. The van der Waals surface area contributed by atoms with Gasteiger partial charge in [-0.05, 0) is 30.2 Å². The SMILES string of the molecule is CC(C)Cn1cc(C(=O)N2CCN(c3ccc(O)cc3)CC2)cn1. The second kappa shape index (κ2) is 6.95. The molecule has 0 saturated carbocycles. The monoisotopic (exact) mass is 328 g/mol. The lowest BCUT2D eigenvalue weighted by Gasteiger charge is -2.36. The number of nitrogens with zero attached hydrogens (tertiary/aromatic N) is 4. The van der Waals surface area contributed by atoms with Crippen LogP contribution in [-0.4, -0.2) is 51.9 Å². The Bertz CT molecular complexity index is 685. The van der Waals surface area contributed by atoms with E-state index < -0.39 is 0 Å². The van der Waals surface area contributed by atoms with Gasteiger partial charge in [0.25, 0.3) is 5.91 Å². The molecule has 24 heavy (non-hydrogen) atoms. The predicted molar refractivity (Wildman–Crippen MR) is 93.3 cm³/mol. The molecule has 1 N–H and O–H groups in total. The minimum atomic E-state index is 0.0513. The van der Waals surface area contributed by atoms with Crippen molar-refractivity contribution >= 4 is 11.6 Å². The predicted octanol–water partition coefficient (Wildman–Crippen LogP) is 2.21. The number of rotatable bonds is 4. The molecule has 1 amide bonds. The topological polar surface area (TPSA) is 61.6 Å². The number of hydrogen-bond donors (Lipinski definition) is 1. The molecule has 0 spiro atoms. The highest BCUT2D eigenvalue weighted by atomic mass is 16.3. The van der Waals surface area contributed by atoms with E-state index in [1.165, 1.54) is 0 Å². The van der Waals surface area contributed by atoms with Gasteiger partial charge in [0.15, 0.2) is 0 Å². The fourth-order valence-electron chi connectivity index (χ4n) is 2.96. The minimum Gasteiger partial charge on any atom is -0.508 e. The summed E-state index contributed by atoms with van der Waals surface area (Å²) >= 11 is 0. The lowest BCUT2D eigenvalue weighted by molar-refractivity contribution is 0.0746. The van der Waals surface area contributed by atoms with Gasteiger partial charge >= 0.3 is 0 Å². The van der Waals surface area contributed by atoms with E-state index in [0.29, 0.717) is 24.6 Å². The Morgan fingerprint density at radius 3 is 2.46 bits per heavy atom. The summed E-state index contributed by atoms with van der Waals surface area (Å²) in [4.78, 5) is 16.7. The molecule has 1 aromatic carbocycles. The van der Waals surface area contributed by atoms with Crippen LogP contribution in [0.1, 0.15) is 24.2 Å². The maximum Gasteiger partial charge on any atom is 0.257 e. The molecule has 3 rings (SSSR count). The molecule has 0 atom stereocenters. The number of piperazine rings is 1. The smallest absolute Gasteiger partial charge is 0.257 e. The van der Waals surface area contributed by atoms with Crippen LogP contribution in [0.3, 0.4) is 0 Å². The second-order valence-electron chi connectivity index (χ2n) is 6.64. The molecule has 6 nitrogen and oxygen atoms in total. The third-order valence-corrected chi connectivity index (χ3v) is 4.21. The van der Waals surface area contributed by atoms with Crippen molar-refractivity contribution in [3.63, 3.8) is 0 Å². The Kier molecular flexibility index (Phi) is 4.74. The highest BCUT2D eigenvalue weighted by Gasteiger charge is 2.23. The summed E-state index contributed by atoms with van der Waals surface area (Å²) in [6.07, 6.45) is 3.51. The molecule has 1 saturated heterocycles. The first-order valence-corrected chi connectivity index (χ1v) is 8.38. The molecule has 1 fully saturated rings. The van der Waals surface area contributed by atoms with E-state index in [9.17, 15) is 9.90 Å². The van der Waals surface area contributed by atoms with Crippen LogP contribution in [0.5, 0.6) is 5.75 Å². The first-order chi connectivity index (χ1) is 11.5. The molecule has 2 heterocycles. The van der Waals surface area contributed by atoms with Gasteiger partial charge in [-0.2, -0.15) is 5.10 Å². The van der Waals surface area contributed by atoms with Gasteiger partial charge in [-0.1, -0.05) is 13.8 Å². The Labute approximate surface area is 142 Å². The summed E-state index contributed by atoms with van der Waals surface area (Å²) < 4.78 is 1.84. The van der Waals surface area contributed by atoms with Gasteiger partial charge in [-0.25, -0.2) is 0 Å². The van der Waals surface area contributed by atoms with E-state index >= 15 is 0 Å². The largest absolute Gasteiger partial charge is 0.508 e. The average molecular weight is 328 g/mol. The van der Waals surface area contributed by atoms with Gasteiger partial charge in [0.05, 0.1) is 11.8 Å². The van der Waals surface area contributed by atoms with Crippen molar-refractivity contribution in [3.8, 4) is 5.75 Å². The van der Waals surface area contributed by atoms with E-state index in [1.807, 2.05) is 27.9 Å². The molecule has 0 unspecified atom stereocenters. The van der Waals surface area contributed by atoms with Crippen LogP contribution >= 0.6 is 0 Å². The zero-order valence-corrected chi connectivity index (χ0v) is 14.2. The summed E-state index contributed by atoms with van der Waals surface area (Å²) in [7, 11) is 0. The highest BCUT2D eigenvalue weighted by molar-refractivity contribution is 5.93. The third-order valence-electron chi connectivity index (χ3n) is 4.21. The van der Waals surface area contributed by atoms with Crippen molar-refractivity contribution in [2.24, 2.45) is 5.92 Å². The van der Waals surface area contributed by atoms with Crippen LogP contribution in [0, 0.1) is 5.92 Å². The summed E-state index contributed by atoms with van der Waals surface area (Å²) in [5, 5.41) is 13.7. The van der Waals surface area contributed by atoms with Crippen LogP contribution < -0.4 is 4.90 Å². The fraction of sp³-hybridized carbons (Fsp3) is 0.444. The van der Waals surface area contributed by atoms with Crippen LogP contribution in [0.25, 0.3) is 0 Å². The molecule has 0 bridgehead atoms. The van der Waals surface area contributed by atoms with Gasteiger partial charge in [-0.3, -0.25) is 9.48 Å². The first kappa shape index (κ1) is 16.4. The molecule has 1 aromatic heterocycles. The Hall–Kier alpha value is -2.50. The second-order valence-corrected chi connectivity index (χ2v) is 6.64. The number of carbonyl (C=O) groups is 1. The number of anilines is 1. The van der Waals surface area contributed by atoms with E-state index in [2.05, 4.69) is 23.8 Å². The number of phenolic OH excluding ortho intramolecular Hbond substituents is 1. The molecule has 0 radical (unpaired) electrons. The van der Waals surface area contributed by atoms with Crippen LogP contribution in [0.15, 0.2) is 36.7 Å². The number of phenols is 1. The number of hydrogen-bond acceptors (Lipinski definition) is 4. The number of aromatic hydroxyl groups is 1. The average Bonchev–Trinajstić information content (AvgIpc) is 3.03. The Balaban J connectivity index is 1.58. The lowest BCUT2D eigenvalue weighted by atomic mass is 10.2. The van der Waals surface area contributed by atoms with Crippen molar-refractivity contribution in [1.82, 2.24) is 14.7 Å². The zero-order chi connectivity index (χ0) is 17.1. The van der Waals surface area contributed by atoms with Gasteiger partial charge in [0, 0.05) is 44.6 Å². The third kappa shape index (κ3) is 3.69. The molecular weight excluding hydrogens is 304 g/mol. The summed E-state index contributed by atoms with van der Waals surface area (Å²) in [6, 6.07) is 7.19. The zero-order valence-electron chi connectivity index (χ0n) is 14.2. The van der Waals surface area contributed by atoms with Gasteiger partial charge in [0.2, 0.25) is 0 Å². The molecular formula is C18H24N4O2. The quantitative estimate of drug-likeness (QED) is 0.935. The maximum atomic E-state index is 12.6. The van der Waals surface area contributed by atoms with Crippen molar-refractivity contribution in [3.05, 3.63) is 42.2 Å². The first-order valence-electron chi connectivity index (χ1n) is 8.38. The van der Waals surface area contributed by atoms with Crippen LogP contribution in [0.2, 0.25) is 0 Å². The molecule has 0 aliphatic carbocycles. The van der Waals surface area contributed by atoms with E-state index in [1.54, 1.807) is 18.3 Å². The summed E-state index contributed by atoms with van der Waals surface area (Å²) in [5.41, 5.74) is 1.73. The van der Waals surface area contributed by atoms with Gasteiger partial charge in [-0.15, -0.1) is 0 Å². The molecule has 128 valence electrons. The lowest BCUT2D eigenvalue weighted by Crippen LogP contribution is -2.48. The molecule has 2 aromatic rings. The van der Waals surface area contributed by atoms with Crippen molar-refractivity contribution in [2.45, 2.75) is 20.4 Å². The van der Waals surface area contributed by atoms with E-state index in [0.717, 1.165) is 25.3 Å². The summed E-state index contributed by atoms with van der Waals surface area (Å²) in [5.74, 6) is 0.822. The number of carbonyl (C=O) groups excluding carboxylic acids is 1. The maximum absolute atomic E-state index is 12.6. The van der Waals surface area contributed by atoms with Gasteiger partial charge in [0.1, 0.15) is 5.75 Å². The van der Waals surface area contributed by atoms with E-state index in [4.69, 9.17) is 0 Å². The number of amides is 1. The Morgan fingerprint density at radius 1 is 1.17 bits per heavy atom. The van der Waals surface area contributed by atoms with Gasteiger partial charge < -0.3 is 14.9 Å². The minimum absolute atomic E-state index is 0.0513. The van der Waals surface area contributed by atoms with Crippen molar-refractivity contribution in [1.29, 1.82) is 0 Å². The normalized spacial score (nSPS) is 15.1. The molecule has 6 heteroatoms. The highest BCUT2D eigenvalue weighted by Crippen LogP contribution is 2.20. The van der Waals surface area contributed by atoms with E-state index in [-0.39, 0.29) is 11.7 Å². The standard InChI is InChI=1S/C18H24N4O2/c1-14(2)12-22-13-15(11-19-22)18(24)21-9-7-20(8-10-21)16-3-5-17(23)6-4-16/h3-6,11,13-14,23H,7-10,12H2,1-2H3. The Morgan fingerprint density at radius 2 is 1.83 bits per heavy atom. The van der Waals surface area contributed by atoms with Crippen LogP contribution in [-0.2, 0) is 6.54 Å². The molecule has 1 aliphatic heterocycles. The summed E-state index contributed by atoms with van der Waals surface area (Å²) in [6.45, 7) is 8.04. The fourth-order valence-corrected chi connectivity index (χ4v) is 2.96. The number of aromatic nitrogens is 2.